The van der Waals surface area contributed by atoms with Crippen molar-refractivity contribution in [1.29, 1.82) is 0 Å². The van der Waals surface area contributed by atoms with E-state index in [9.17, 15) is 14.7 Å². The second-order valence-corrected chi connectivity index (χ2v) is 4.93. The van der Waals surface area contributed by atoms with Crippen molar-refractivity contribution < 1.29 is 19.4 Å². The fourth-order valence-corrected chi connectivity index (χ4v) is 2.17. The molecule has 108 valence electrons. The molecule has 0 heterocycles. The second-order valence-electron chi connectivity index (χ2n) is 4.93. The van der Waals surface area contributed by atoms with Gasteiger partial charge in [-0.05, 0) is 18.9 Å². The number of carbonyl (C=O) groups excluding carboxylic acids is 1. The van der Waals surface area contributed by atoms with Gasteiger partial charge in [-0.15, -0.1) is 0 Å². The highest BCUT2D eigenvalue weighted by atomic mass is 16.5. The van der Waals surface area contributed by atoms with E-state index in [-0.39, 0.29) is 24.3 Å². The Morgan fingerprint density at radius 1 is 1.40 bits per heavy atom. The smallest absolute Gasteiger partial charge is 0.326 e. The van der Waals surface area contributed by atoms with Crippen molar-refractivity contribution in [2.45, 2.75) is 31.9 Å². The molecule has 1 aromatic rings. The number of carboxylic acid groups (broad SMARTS) is 1. The van der Waals surface area contributed by atoms with E-state index >= 15 is 0 Å². The largest absolute Gasteiger partial charge is 0.480 e. The van der Waals surface area contributed by atoms with Gasteiger partial charge in [0.2, 0.25) is 5.91 Å². The van der Waals surface area contributed by atoms with Gasteiger partial charge in [0.25, 0.3) is 0 Å². The number of nitrogens with one attached hydrogen (secondary N) is 1. The van der Waals surface area contributed by atoms with E-state index < -0.39 is 12.0 Å². The van der Waals surface area contributed by atoms with Gasteiger partial charge in [-0.2, -0.15) is 0 Å². The first-order valence-corrected chi connectivity index (χ1v) is 6.80. The van der Waals surface area contributed by atoms with Crippen molar-refractivity contribution in [2.24, 2.45) is 5.92 Å². The van der Waals surface area contributed by atoms with Crippen LogP contribution in [0.15, 0.2) is 30.3 Å². The molecular formula is C15H19NO4. The van der Waals surface area contributed by atoms with Gasteiger partial charge >= 0.3 is 5.97 Å². The standard InChI is InChI=1S/C15H19NO4/c1-2-20-13-9-11(13)14(17)16-12(15(18)19)8-10-6-4-3-5-7-10/h3-7,11-13H,2,8-9H2,1H3,(H,16,17)(H,18,19)/t11?,12-,13?/m0/s1. The summed E-state index contributed by atoms with van der Waals surface area (Å²) in [5.41, 5.74) is 0.886. The summed E-state index contributed by atoms with van der Waals surface area (Å²) in [5.74, 6) is -1.45. The summed E-state index contributed by atoms with van der Waals surface area (Å²) in [6.45, 7) is 2.45. The highest BCUT2D eigenvalue weighted by Crippen LogP contribution is 2.33. The molecule has 1 aromatic carbocycles. The second kappa shape index (κ2) is 6.52. The monoisotopic (exact) mass is 277 g/mol. The first-order chi connectivity index (χ1) is 9.61. The molecule has 1 fully saturated rings. The Hall–Kier alpha value is -1.88. The Bertz CT molecular complexity index is 474. The van der Waals surface area contributed by atoms with Gasteiger partial charge in [-0.3, -0.25) is 4.79 Å². The highest BCUT2D eigenvalue weighted by Gasteiger charge is 2.44. The minimum Gasteiger partial charge on any atom is -0.480 e. The quantitative estimate of drug-likeness (QED) is 0.786. The van der Waals surface area contributed by atoms with Crippen molar-refractivity contribution in [1.82, 2.24) is 5.32 Å². The van der Waals surface area contributed by atoms with Crippen molar-refractivity contribution in [3.63, 3.8) is 0 Å². The lowest BCUT2D eigenvalue weighted by Crippen LogP contribution is -2.43. The molecule has 2 rings (SSSR count). The minimum atomic E-state index is -1.02. The van der Waals surface area contributed by atoms with Crippen LogP contribution in [-0.4, -0.2) is 35.7 Å². The van der Waals surface area contributed by atoms with Crippen molar-refractivity contribution in [3.05, 3.63) is 35.9 Å². The maximum atomic E-state index is 11.9. The zero-order valence-corrected chi connectivity index (χ0v) is 11.4. The fraction of sp³-hybridized carbons (Fsp3) is 0.467. The lowest BCUT2D eigenvalue weighted by atomic mass is 10.1. The molecule has 1 amide bonds. The van der Waals surface area contributed by atoms with E-state index in [2.05, 4.69) is 5.32 Å². The van der Waals surface area contributed by atoms with Gasteiger partial charge in [0.05, 0.1) is 12.0 Å². The van der Waals surface area contributed by atoms with Crippen LogP contribution in [0, 0.1) is 5.92 Å². The van der Waals surface area contributed by atoms with Crippen LogP contribution in [0.2, 0.25) is 0 Å². The van der Waals surface area contributed by atoms with E-state index in [1.165, 1.54) is 0 Å². The summed E-state index contributed by atoms with van der Waals surface area (Å²) in [6.07, 6.45) is 0.914. The Labute approximate surface area is 117 Å². The molecule has 2 N–H and O–H groups in total. The van der Waals surface area contributed by atoms with E-state index in [0.717, 1.165) is 5.56 Å². The number of hydrogen-bond acceptors (Lipinski definition) is 3. The lowest BCUT2D eigenvalue weighted by Gasteiger charge is -2.14. The third-order valence-corrected chi connectivity index (χ3v) is 3.35. The molecular weight excluding hydrogens is 258 g/mol. The van der Waals surface area contributed by atoms with Crippen molar-refractivity contribution in [3.8, 4) is 0 Å². The number of benzene rings is 1. The molecule has 1 aliphatic carbocycles. The summed E-state index contributed by atoms with van der Waals surface area (Å²) in [6, 6.07) is 8.37. The molecule has 5 heteroatoms. The van der Waals surface area contributed by atoms with Gasteiger partial charge in [-0.1, -0.05) is 30.3 Å². The SMILES string of the molecule is CCOC1CC1C(=O)N[C@@H](Cc1ccccc1)C(=O)O. The summed E-state index contributed by atoms with van der Waals surface area (Å²) < 4.78 is 5.34. The first kappa shape index (κ1) is 14.5. The van der Waals surface area contributed by atoms with Crippen LogP contribution >= 0.6 is 0 Å². The summed E-state index contributed by atoms with van der Waals surface area (Å²) >= 11 is 0. The molecule has 0 saturated heterocycles. The molecule has 0 bridgehead atoms. The predicted octanol–water partition coefficient (Wildman–Crippen LogP) is 1.22. The van der Waals surface area contributed by atoms with Gasteiger partial charge in [0, 0.05) is 13.0 Å². The Kier molecular flexibility index (Phi) is 4.74. The van der Waals surface area contributed by atoms with Crippen LogP contribution in [0.1, 0.15) is 18.9 Å². The van der Waals surface area contributed by atoms with Gasteiger partial charge in [0.1, 0.15) is 6.04 Å². The molecule has 0 spiro atoms. The Morgan fingerprint density at radius 3 is 2.70 bits per heavy atom. The Balaban J connectivity index is 1.90. The third-order valence-electron chi connectivity index (χ3n) is 3.35. The molecule has 5 nitrogen and oxygen atoms in total. The number of hydrogen-bond donors (Lipinski definition) is 2. The Morgan fingerprint density at radius 2 is 2.10 bits per heavy atom. The van der Waals surface area contributed by atoms with Crippen LogP contribution in [-0.2, 0) is 20.7 Å². The molecule has 20 heavy (non-hydrogen) atoms. The zero-order chi connectivity index (χ0) is 14.5. The topological polar surface area (TPSA) is 75.6 Å². The first-order valence-electron chi connectivity index (χ1n) is 6.80. The van der Waals surface area contributed by atoms with Crippen LogP contribution < -0.4 is 5.32 Å². The number of carboxylic acids is 1. The van der Waals surface area contributed by atoms with E-state index in [1.807, 2.05) is 37.3 Å². The molecule has 1 saturated carbocycles. The fourth-order valence-electron chi connectivity index (χ4n) is 2.17. The molecule has 0 radical (unpaired) electrons. The molecule has 0 aromatic heterocycles. The minimum absolute atomic E-state index is 0.0498. The molecule has 1 aliphatic rings. The maximum absolute atomic E-state index is 11.9. The molecule has 3 atom stereocenters. The number of amides is 1. The summed E-state index contributed by atoms with van der Waals surface area (Å²) in [7, 11) is 0. The van der Waals surface area contributed by atoms with Crippen molar-refractivity contribution >= 4 is 11.9 Å². The van der Waals surface area contributed by atoms with E-state index in [0.29, 0.717) is 13.0 Å². The average Bonchev–Trinajstić information content (AvgIpc) is 3.19. The lowest BCUT2D eigenvalue weighted by molar-refractivity contribution is -0.142. The highest BCUT2D eigenvalue weighted by molar-refractivity contribution is 5.87. The maximum Gasteiger partial charge on any atom is 0.326 e. The number of aliphatic carboxylic acids is 1. The van der Waals surface area contributed by atoms with Crippen molar-refractivity contribution in [2.75, 3.05) is 6.61 Å². The third kappa shape index (κ3) is 3.81. The number of ether oxygens (including phenoxy) is 1. The number of rotatable bonds is 7. The summed E-state index contributed by atoms with van der Waals surface area (Å²) in [4.78, 5) is 23.2. The van der Waals surface area contributed by atoms with Crippen LogP contribution in [0.3, 0.4) is 0 Å². The van der Waals surface area contributed by atoms with Gasteiger partial charge < -0.3 is 15.2 Å². The number of carbonyl (C=O) groups is 2. The van der Waals surface area contributed by atoms with E-state index in [1.54, 1.807) is 0 Å². The van der Waals surface area contributed by atoms with E-state index in [4.69, 9.17) is 4.74 Å². The van der Waals surface area contributed by atoms with Crippen LogP contribution in [0.4, 0.5) is 0 Å². The summed E-state index contributed by atoms with van der Waals surface area (Å²) in [5, 5.41) is 11.8. The van der Waals surface area contributed by atoms with Gasteiger partial charge in [-0.25, -0.2) is 4.79 Å². The average molecular weight is 277 g/mol. The van der Waals surface area contributed by atoms with Gasteiger partial charge in [0.15, 0.2) is 0 Å². The van der Waals surface area contributed by atoms with Crippen LogP contribution in [0.5, 0.6) is 0 Å². The normalized spacial score (nSPS) is 22.1. The molecule has 0 aliphatic heterocycles. The van der Waals surface area contributed by atoms with Crippen LogP contribution in [0.25, 0.3) is 0 Å². The zero-order valence-electron chi connectivity index (χ0n) is 11.4. The molecule has 2 unspecified atom stereocenters. The predicted molar refractivity (Wildman–Crippen MR) is 73.2 cm³/mol.